The zero-order valence-electron chi connectivity index (χ0n) is 23.5. The maximum absolute atomic E-state index is 13.6. The van der Waals surface area contributed by atoms with Crippen LogP contribution in [-0.4, -0.2) is 88.5 Å². The van der Waals surface area contributed by atoms with Gasteiger partial charge in [0.25, 0.3) is 5.91 Å². The van der Waals surface area contributed by atoms with E-state index in [2.05, 4.69) is 6.92 Å². The average molecular weight is 581 g/mol. The second-order valence-electron chi connectivity index (χ2n) is 11.3. The summed E-state index contributed by atoms with van der Waals surface area (Å²) in [5.41, 5.74) is 0.693. The number of aliphatic hydroxyl groups excluding tert-OH is 3. The number of carbonyl (C=O) groups is 2. The van der Waals surface area contributed by atoms with Gasteiger partial charge in [-0.05, 0) is 37.5 Å². The summed E-state index contributed by atoms with van der Waals surface area (Å²) in [4.78, 5) is 29.9. The van der Waals surface area contributed by atoms with Crippen molar-refractivity contribution in [1.29, 1.82) is 0 Å². The number of benzene rings is 1. The number of rotatable bonds is 14. The number of hydrogen-bond donors (Lipinski definition) is 3. The van der Waals surface area contributed by atoms with Gasteiger partial charge >= 0.3 is 0 Å². The van der Waals surface area contributed by atoms with Crippen LogP contribution < -0.4 is 4.90 Å². The van der Waals surface area contributed by atoms with Gasteiger partial charge in [0.1, 0.15) is 30.5 Å². The maximum Gasteiger partial charge on any atom is 0.256 e. The Hall–Kier alpha value is -1.75. The van der Waals surface area contributed by atoms with Crippen molar-refractivity contribution in [2.24, 2.45) is 0 Å². The Labute approximate surface area is 242 Å². The molecule has 40 heavy (non-hydrogen) atoms. The monoisotopic (exact) mass is 580 g/mol. The highest BCUT2D eigenvalue weighted by Gasteiger charge is 2.48. The van der Waals surface area contributed by atoms with Crippen molar-refractivity contribution in [3.8, 4) is 0 Å². The van der Waals surface area contributed by atoms with E-state index in [-0.39, 0.29) is 18.4 Å². The number of carbonyl (C=O) groups excluding carboxylic acids is 2. The Kier molecular flexibility index (Phi) is 11.6. The number of halogens is 1. The minimum absolute atomic E-state index is 0.117. The zero-order valence-corrected chi connectivity index (χ0v) is 24.3. The van der Waals surface area contributed by atoms with Crippen molar-refractivity contribution in [2.45, 2.75) is 121 Å². The van der Waals surface area contributed by atoms with E-state index in [0.717, 1.165) is 19.3 Å². The molecule has 0 aromatic heterocycles. The Morgan fingerprint density at radius 2 is 1.65 bits per heavy atom. The maximum atomic E-state index is 13.6. The van der Waals surface area contributed by atoms with Crippen molar-refractivity contribution in [2.75, 3.05) is 24.6 Å². The summed E-state index contributed by atoms with van der Waals surface area (Å²) < 4.78 is 11.4. The Morgan fingerprint density at radius 3 is 2.35 bits per heavy atom. The van der Waals surface area contributed by atoms with Gasteiger partial charge in [-0.3, -0.25) is 9.59 Å². The Balaban J connectivity index is 1.34. The zero-order chi connectivity index (χ0) is 28.6. The summed E-state index contributed by atoms with van der Waals surface area (Å²) in [6.07, 6.45) is 6.64. The van der Waals surface area contributed by atoms with Crippen LogP contribution in [0.4, 0.5) is 5.69 Å². The molecule has 0 bridgehead atoms. The number of ether oxygens (including phenoxy) is 2. The van der Waals surface area contributed by atoms with E-state index in [1.54, 1.807) is 23.1 Å². The largest absolute Gasteiger partial charge is 0.388 e. The van der Waals surface area contributed by atoms with Gasteiger partial charge in [-0.1, -0.05) is 76.3 Å². The van der Waals surface area contributed by atoms with Crippen LogP contribution in [0.15, 0.2) is 18.2 Å². The van der Waals surface area contributed by atoms with Crippen molar-refractivity contribution in [3.05, 3.63) is 28.8 Å². The predicted molar refractivity (Wildman–Crippen MR) is 152 cm³/mol. The first-order valence-electron chi connectivity index (χ1n) is 15.1. The SMILES string of the molecule is CCCCCCCCCCCCO[C@@H]1[C@@H](O)[C@@H](O)O[C@H](CN2C(=O)C3CCCN3C(=O)c3cc(Cl)ccc32)[C@H]1O. The highest BCUT2D eigenvalue weighted by Crippen LogP contribution is 2.35. The first-order valence-corrected chi connectivity index (χ1v) is 15.4. The van der Waals surface area contributed by atoms with Crippen LogP contribution in [0, 0.1) is 0 Å². The molecule has 2 saturated heterocycles. The fraction of sp³-hybridized carbons (Fsp3) is 0.733. The lowest BCUT2D eigenvalue weighted by Gasteiger charge is -2.42. The Morgan fingerprint density at radius 1 is 0.975 bits per heavy atom. The first kappa shape index (κ1) is 31.2. The molecule has 0 spiro atoms. The highest BCUT2D eigenvalue weighted by molar-refractivity contribution is 6.31. The molecule has 10 heteroatoms. The molecule has 3 aliphatic heterocycles. The molecule has 224 valence electrons. The van der Waals surface area contributed by atoms with Gasteiger partial charge in [-0.25, -0.2) is 0 Å². The van der Waals surface area contributed by atoms with Crippen LogP contribution in [0.1, 0.15) is 94.3 Å². The number of aliphatic hydroxyl groups is 3. The van der Waals surface area contributed by atoms with E-state index >= 15 is 0 Å². The van der Waals surface area contributed by atoms with E-state index in [1.165, 1.54) is 49.8 Å². The van der Waals surface area contributed by atoms with E-state index in [4.69, 9.17) is 21.1 Å². The minimum Gasteiger partial charge on any atom is -0.388 e. The third kappa shape index (κ3) is 7.36. The van der Waals surface area contributed by atoms with Gasteiger partial charge < -0.3 is 34.6 Å². The fourth-order valence-electron chi connectivity index (χ4n) is 6.08. The lowest BCUT2D eigenvalue weighted by molar-refractivity contribution is -0.287. The standard InChI is InChI=1S/C30H45ClN2O7/c1-2-3-4-5-6-7-8-9-10-11-17-39-27-25(34)24(40-30(38)26(27)35)19-33-22-15-14-20(31)18-21(22)28(36)32-16-12-13-23(32)29(33)37/h14-15,18,23-27,30,34-35,38H,2-13,16-17,19H2,1H3/t23?,24-,25-,26-,27+,30+/m1/s1. The topological polar surface area (TPSA) is 120 Å². The molecule has 0 saturated carbocycles. The lowest BCUT2D eigenvalue weighted by atomic mass is 9.97. The van der Waals surface area contributed by atoms with Crippen LogP contribution >= 0.6 is 11.6 Å². The molecule has 3 aliphatic rings. The third-order valence-corrected chi connectivity index (χ3v) is 8.61. The first-order chi connectivity index (χ1) is 19.3. The van der Waals surface area contributed by atoms with Crippen LogP contribution in [0.2, 0.25) is 5.02 Å². The van der Waals surface area contributed by atoms with Crippen molar-refractivity contribution < 1.29 is 34.4 Å². The van der Waals surface area contributed by atoms with E-state index in [0.29, 0.717) is 42.3 Å². The van der Waals surface area contributed by atoms with Gasteiger partial charge in [-0.15, -0.1) is 0 Å². The summed E-state index contributed by atoms with van der Waals surface area (Å²) in [6, 6.07) is 4.17. The van der Waals surface area contributed by atoms with Gasteiger partial charge in [0.2, 0.25) is 5.91 Å². The molecular formula is C30H45ClN2O7. The molecule has 2 amide bonds. The number of hydrogen-bond acceptors (Lipinski definition) is 7. The van der Waals surface area contributed by atoms with Crippen LogP contribution in [0.25, 0.3) is 0 Å². The molecule has 3 heterocycles. The van der Waals surface area contributed by atoms with Crippen LogP contribution in [0.3, 0.4) is 0 Å². The quantitative estimate of drug-likeness (QED) is 0.284. The average Bonchev–Trinajstić information content (AvgIpc) is 3.41. The number of unbranched alkanes of at least 4 members (excludes halogenated alkanes) is 9. The highest BCUT2D eigenvalue weighted by atomic mass is 35.5. The molecule has 4 rings (SSSR count). The lowest BCUT2D eigenvalue weighted by Crippen LogP contribution is -2.61. The molecule has 1 unspecified atom stereocenters. The van der Waals surface area contributed by atoms with Crippen molar-refractivity contribution in [3.63, 3.8) is 0 Å². The molecule has 9 nitrogen and oxygen atoms in total. The van der Waals surface area contributed by atoms with Crippen molar-refractivity contribution >= 4 is 29.1 Å². The van der Waals surface area contributed by atoms with Crippen LogP contribution in [0.5, 0.6) is 0 Å². The fourth-order valence-corrected chi connectivity index (χ4v) is 6.25. The molecule has 3 N–H and O–H groups in total. The van der Waals surface area contributed by atoms with Crippen LogP contribution in [-0.2, 0) is 14.3 Å². The van der Waals surface area contributed by atoms with Gasteiger partial charge in [0.05, 0.1) is 17.8 Å². The summed E-state index contributed by atoms with van der Waals surface area (Å²) in [5.74, 6) is -0.528. The van der Waals surface area contributed by atoms with Gasteiger partial charge in [0.15, 0.2) is 6.29 Å². The van der Waals surface area contributed by atoms with Gasteiger partial charge in [-0.2, -0.15) is 0 Å². The van der Waals surface area contributed by atoms with E-state index in [1.807, 2.05) is 0 Å². The molecule has 2 fully saturated rings. The number of fused-ring (bicyclic) bond motifs is 2. The second-order valence-corrected chi connectivity index (χ2v) is 11.8. The second kappa shape index (κ2) is 14.9. The predicted octanol–water partition coefficient (Wildman–Crippen LogP) is 4.04. The van der Waals surface area contributed by atoms with Crippen molar-refractivity contribution in [1.82, 2.24) is 4.90 Å². The normalized spacial score (nSPS) is 28.5. The smallest absolute Gasteiger partial charge is 0.256 e. The summed E-state index contributed by atoms with van der Waals surface area (Å²) in [6.45, 7) is 2.93. The number of anilines is 1. The van der Waals surface area contributed by atoms with Gasteiger partial charge in [0, 0.05) is 18.2 Å². The summed E-state index contributed by atoms with van der Waals surface area (Å²) >= 11 is 6.19. The molecule has 1 aromatic rings. The molecule has 6 atom stereocenters. The summed E-state index contributed by atoms with van der Waals surface area (Å²) in [5, 5.41) is 32.5. The summed E-state index contributed by atoms with van der Waals surface area (Å²) in [7, 11) is 0. The van der Waals surface area contributed by atoms with E-state index in [9.17, 15) is 24.9 Å². The number of nitrogens with zero attached hydrogens (tertiary/aromatic N) is 2. The number of amides is 2. The molecule has 0 aliphatic carbocycles. The molecular weight excluding hydrogens is 536 g/mol. The molecule has 1 aromatic carbocycles. The Bertz CT molecular complexity index is 995. The third-order valence-electron chi connectivity index (χ3n) is 8.38. The minimum atomic E-state index is -1.58. The molecule has 0 radical (unpaired) electrons. The van der Waals surface area contributed by atoms with E-state index < -0.39 is 36.7 Å².